The average Bonchev–Trinajstić information content (AvgIpc) is 3.11. The largest absolute Gasteiger partial charge is 0.309 e. The first-order valence-corrected chi connectivity index (χ1v) is 8.90. The minimum Gasteiger partial charge on any atom is -0.309 e. The summed E-state index contributed by atoms with van der Waals surface area (Å²) < 4.78 is 14.4. The van der Waals surface area contributed by atoms with Crippen LogP contribution in [0.25, 0.3) is 10.1 Å². The predicted octanol–water partition coefficient (Wildman–Crippen LogP) is 5.39. The lowest BCUT2D eigenvalue weighted by Crippen LogP contribution is -2.22. The molecule has 0 radical (unpaired) electrons. The smallest absolute Gasteiger partial charge is 0.124 e. The molecule has 0 aliphatic rings. The Balaban J connectivity index is 1.89. The van der Waals surface area contributed by atoms with Gasteiger partial charge >= 0.3 is 0 Å². The van der Waals surface area contributed by atoms with Crippen LogP contribution in [0.4, 0.5) is 4.39 Å². The van der Waals surface area contributed by atoms with Gasteiger partial charge in [0, 0.05) is 26.9 Å². The molecule has 21 heavy (non-hydrogen) atoms. The third-order valence-electron chi connectivity index (χ3n) is 3.47. The molecular formula is C17H18FNS2. The topological polar surface area (TPSA) is 12.0 Å². The van der Waals surface area contributed by atoms with Crippen LogP contribution in [0.2, 0.25) is 0 Å². The molecule has 1 N–H and O–H groups in total. The Hall–Kier alpha value is -1.23. The van der Waals surface area contributed by atoms with E-state index in [1.807, 2.05) is 6.07 Å². The fourth-order valence-corrected chi connectivity index (χ4v) is 4.34. The highest BCUT2D eigenvalue weighted by molar-refractivity contribution is 7.19. The maximum Gasteiger partial charge on any atom is 0.124 e. The number of hydrogen-bond acceptors (Lipinski definition) is 3. The number of hydrogen-bond donors (Lipinski definition) is 1. The lowest BCUT2D eigenvalue weighted by atomic mass is 10.1. The van der Waals surface area contributed by atoms with E-state index < -0.39 is 0 Å². The van der Waals surface area contributed by atoms with E-state index in [2.05, 4.69) is 35.8 Å². The Morgan fingerprint density at radius 1 is 1.24 bits per heavy atom. The van der Waals surface area contributed by atoms with Crippen molar-refractivity contribution in [3.05, 3.63) is 57.3 Å². The number of nitrogens with one attached hydrogen (secondary N) is 1. The lowest BCUT2D eigenvalue weighted by Gasteiger charge is -2.16. The van der Waals surface area contributed by atoms with Crippen molar-refractivity contribution in [2.24, 2.45) is 0 Å². The average molecular weight is 319 g/mol. The summed E-state index contributed by atoms with van der Waals surface area (Å²) in [7, 11) is 0. The van der Waals surface area contributed by atoms with E-state index in [0.29, 0.717) is 6.04 Å². The van der Waals surface area contributed by atoms with Crippen molar-refractivity contribution in [3.8, 4) is 0 Å². The third-order valence-corrected chi connectivity index (χ3v) is 5.58. The second-order valence-electron chi connectivity index (χ2n) is 5.12. The van der Waals surface area contributed by atoms with Crippen molar-refractivity contribution >= 4 is 32.8 Å². The van der Waals surface area contributed by atoms with Crippen molar-refractivity contribution in [2.75, 3.05) is 6.54 Å². The quantitative estimate of drug-likeness (QED) is 0.642. The maximum absolute atomic E-state index is 13.3. The molecule has 0 saturated carbocycles. The van der Waals surface area contributed by atoms with Crippen LogP contribution in [0.15, 0.2) is 41.8 Å². The summed E-state index contributed by atoms with van der Waals surface area (Å²) in [6.45, 7) is 3.17. The molecule has 0 aliphatic heterocycles. The van der Waals surface area contributed by atoms with Crippen LogP contribution in [0.1, 0.15) is 29.1 Å². The van der Waals surface area contributed by atoms with E-state index in [0.717, 1.165) is 29.5 Å². The zero-order valence-electron chi connectivity index (χ0n) is 11.9. The zero-order chi connectivity index (χ0) is 14.7. The summed E-state index contributed by atoms with van der Waals surface area (Å²) in [6, 6.07) is 11.8. The Morgan fingerprint density at radius 3 is 2.90 bits per heavy atom. The molecule has 4 heteroatoms. The van der Waals surface area contributed by atoms with E-state index in [1.54, 1.807) is 28.7 Å². The van der Waals surface area contributed by atoms with Crippen LogP contribution in [0.3, 0.4) is 0 Å². The van der Waals surface area contributed by atoms with Gasteiger partial charge in [0.15, 0.2) is 0 Å². The van der Waals surface area contributed by atoms with E-state index >= 15 is 0 Å². The van der Waals surface area contributed by atoms with Crippen molar-refractivity contribution in [2.45, 2.75) is 25.8 Å². The summed E-state index contributed by atoms with van der Waals surface area (Å²) in [5.41, 5.74) is 0. The Morgan fingerprint density at radius 2 is 2.14 bits per heavy atom. The van der Waals surface area contributed by atoms with E-state index in [1.165, 1.54) is 15.8 Å². The van der Waals surface area contributed by atoms with Crippen molar-refractivity contribution in [3.63, 3.8) is 0 Å². The van der Waals surface area contributed by atoms with E-state index in [9.17, 15) is 4.39 Å². The molecule has 0 bridgehead atoms. The van der Waals surface area contributed by atoms with Gasteiger partial charge in [-0.05, 0) is 48.0 Å². The molecule has 0 spiro atoms. The second kappa shape index (κ2) is 6.69. The van der Waals surface area contributed by atoms with Crippen LogP contribution in [0.5, 0.6) is 0 Å². The molecule has 3 aromatic rings. The number of rotatable bonds is 6. The molecule has 1 aromatic carbocycles. The van der Waals surface area contributed by atoms with Crippen molar-refractivity contribution in [1.29, 1.82) is 0 Å². The van der Waals surface area contributed by atoms with Gasteiger partial charge in [-0.15, -0.1) is 22.7 Å². The van der Waals surface area contributed by atoms with Gasteiger partial charge in [0.1, 0.15) is 5.82 Å². The SMILES string of the molecule is CCCNC(Cc1cccs1)c1cc2ccc(F)cc2s1. The molecule has 0 amide bonds. The summed E-state index contributed by atoms with van der Waals surface area (Å²) in [6.07, 6.45) is 2.10. The number of benzene rings is 1. The van der Waals surface area contributed by atoms with Crippen LogP contribution >= 0.6 is 22.7 Å². The van der Waals surface area contributed by atoms with Gasteiger partial charge in [-0.1, -0.05) is 19.1 Å². The van der Waals surface area contributed by atoms with Gasteiger partial charge in [-0.3, -0.25) is 0 Å². The second-order valence-corrected chi connectivity index (χ2v) is 7.27. The molecule has 110 valence electrons. The minimum atomic E-state index is -0.160. The summed E-state index contributed by atoms with van der Waals surface area (Å²) >= 11 is 3.49. The first kappa shape index (κ1) is 14.7. The normalized spacial score (nSPS) is 12.9. The van der Waals surface area contributed by atoms with Gasteiger partial charge in [-0.2, -0.15) is 0 Å². The fraction of sp³-hybridized carbons (Fsp3) is 0.294. The summed E-state index contributed by atoms with van der Waals surface area (Å²) in [4.78, 5) is 2.67. The van der Waals surface area contributed by atoms with Crippen LogP contribution in [-0.4, -0.2) is 6.54 Å². The van der Waals surface area contributed by atoms with Gasteiger partial charge in [0.05, 0.1) is 0 Å². The standard InChI is InChI=1S/C17H18FNS2/c1-2-7-19-15(11-14-4-3-8-20-14)17-9-12-5-6-13(18)10-16(12)21-17/h3-6,8-10,15,19H,2,7,11H2,1H3. The number of fused-ring (bicyclic) bond motifs is 1. The van der Waals surface area contributed by atoms with Gasteiger partial charge in [-0.25, -0.2) is 4.39 Å². The van der Waals surface area contributed by atoms with Gasteiger partial charge in [0.25, 0.3) is 0 Å². The van der Waals surface area contributed by atoms with Crippen LogP contribution in [0, 0.1) is 5.82 Å². The summed E-state index contributed by atoms with van der Waals surface area (Å²) in [5, 5.41) is 6.87. The number of halogens is 1. The molecule has 1 atom stereocenters. The monoisotopic (exact) mass is 319 g/mol. The van der Waals surface area contributed by atoms with Crippen LogP contribution < -0.4 is 5.32 Å². The molecule has 1 nitrogen and oxygen atoms in total. The Bertz CT molecular complexity index is 703. The molecule has 2 aromatic heterocycles. The van der Waals surface area contributed by atoms with Crippen LogP contribution in [-0.2, 0) is 6.42 Å². The molecule has 2 heterocycles. The molecule has 0 aliphatic carbocycles. The minimum absolute atomic E-state index is 0.160. The Labute approximate surface area is 132 Å². The predicted molar refractivity (Wildman–Crippen MR) is 90.8 cm³/mol. The van der Waals surface area contributed by atoms with E-state index in [4.69, 9.17) is 0 Å². The summed E-state index contributed by atoms with van der Waals surface area (Å²) in [5.74, 6) is -0.160. The molecule has 3 rings (SSSR count). The van der Waals surface area contributed by atoms with Crippen molar-refractivity contribution in [1.82, 2.24) is 5.32 Å². The maximum atomic E-state index is 13.3. The molecule has 0 saturated heterocycles. The van der Waals surface area contributed by atoms with Crippen molar-refractivity contribution < 1.29 is 4.39 Å². The van der Waals surface area contributed by atoms with E-state index in [-0.39, 0.29) is 5.82 Å². The van der Waals surface area contributed by atoms with Gasteiger partial charge < -0.3 is 5.32 Å². The first-order valence-electron chi connectivity index (χ1n) is 7.21. The highest BCUT2D eigenvalue weighted by Gasteiger charge is 2.15. The first-order chi connectivity index (χ1) is 10.3. The fourth-order valence-electron chi connectivity index (χ4n) is 2.42. The molecule has 0 fully saturated rings. The Kier molecular flexibility index (Phi) is 4.68. The zero-order valence-corrected chi connectivity index (χ0v) is 13.6. The van der Waals surface area contributed by atoms with Gasteiger partial charge in [0.2, 0.25) is 0 Å². The molecule has 1 unspecified atom stereocenters. The number of thiophene rings is 2. The highest BCUT2D eigenvalue weighted by atomic mass is 32.1. The highest BCUT2D eigenvalue weighted by Crippen LogP contribution is 2.32. The lowest BCUT2D eigenvalue weighted by molar-refractivity contribution is 0.540. The molecular weight excluding hydrogens is 301 g/mol. The third kappa shape index (κ3) is 3.51.